The van der Waals surface area contributed by atoms with Crippen molar-refractivity contribution in [2.45, 2.75) is 96.8 Å². The van der Waals surface area contributed by atoms with Gasteiger partial charge in [0.15, 0.2) is 0 Å². The van der Waals surface area contributed by atoms with Crippen molar-refractivity contribution in [3.05, 3.63) is 59.7 Å². The molecule has 1 saturated carbocycles. The fraction of sp³-hybridized carbons (Fsp3) is 0.552. The predicted octanol–water partition coefficient (Wildman–Crippen LogP) is 8.83. The third-order valence-corrected chi connectivity index (χ3v) is 7.18. The molecule has 1 heteroatoms. The van der Waals surface area contributed by atoms with Gasteiger partial charge in [-0.3, -0.25) is 0 Å². The Bertz CT molecular complexity index is 786. The Morgan fingerprint density at radius 1 is 0.800 bits per heavy atom. The molecular weight excluding hydrogens is 362 g/mol. The van der Waals surface area contributed by atoms with E-state index in [4.69, 9.17) is 0 Å². The molecule has 0 radical (unpaired) electrons. The molecule has 30 heavy (non-hydrogen) atoms. The van der Waals surface area contributed by atoms with Crippen molar-refractivity contribution < 1.29 is 0 Å². The first kappa shape index (κ1) is 22.6. The van der Waals surface area contributed by atoms with Crippen LogP contribution < -0.4 is 0 Å². The highest BCUT2D eigenvalue weighted by Gasteiger charge is 2.35. The third-order valence-electron chi connectivity index (χ3n) is 7.18. The van der Waals surface area contributed by atoms with Crippen LogP contribution in [-0.2, 0) is 6.42 Å². The number of rotatable bonds is 10. The molecule has 1 nitrogen and oxygen atoms in total. The van der Waals surface area contributed by atoms with Crippen molar-refractivity contribution in [2.24, 2.45) is 5.41 Å². The van der Waals surface area contributed by atoms with Gasteiger partial charge in [-0.1, -0.05) is 94.5 Å². The Morgan fingerprint density at radius 3 is 1.93 bits per heavy atom. The van der Waals surface area contributed by atoms with E-state index in [1.165, 1.54) is 67.2 Å². The lowest BCUT2D eigenvalue weighted by Gasteiger charge is -2.35. The summed E-state index contributed by atoms with van der Waals surface area (Å²) in [6.45, 7) is 4.50. The second-order valence-electron chi connectivity index (χ2n) is 9.40. The topological polar surface area (TPSA) is 23.8 Å². The van der Waals surface area contributed by atoms with Crippen molar-refractivity contribution in [1.82, 2.24) is 0 Å². The fourth-order valence-electron chi connectivity index (χ4n) is 5.03. The molecular formula is C29H39N. The second-order valence-corrected chi connectivity index (χ2v) is 9.40. The van der Waals surface area contributed by atoms with E-state index in [1.54, 1.807) is 0 Å². The lowest BCUT2D eigenvalue weighted by Crippen LogP contribution is -2.25. The van der Waals surface area contributed by atoms with Crippen LogP contribution in [0.1, 0.15) is 102 Å². The third kappa shape index (κ3) is 5.98. The number of nitriles is 1. The van der Waals surface area contributed by atoms with Crippen molar-refractivity contribution in [1.29, 1.82) is 5.26 Å². The van der Waals surface area contributed by atoms with E-state index in [-0.39, 0.29) is 5.41 Å². The largest absolute Gasteiger partial charge is 0.198 e. The standard InChI is InChI=1S/C29H39N/c1-3-5-7-9-24-10-12-25(13-11-24)26-14-16-27(17-15-26)28-18-21-29(23-30,22-19-28)20-8-6-4-2/h10-17,28H,3-9,18-22H2,1-2H3/t28-,29-. The molecule has 3 rings (SSSR count). The van der Waals surface area contributed by atoms with Crippen LogP contribution >= 0.6 is 0 Å². The summed E-state index contributed by atoms with van der Waals surface area (Å²) in [6, 6.07) is 21.1. The van der Waals surface area contributed by atoms with E-state index < -0.39 is 0 Å². The lowest BCUT2D eigenvalue weighted by atomic mass is 9.67. The van der Waals surface area contributed by atoms with Gasteiger partial charge in [-0.05, 0) is 73.1 Å². The maximum Gasteiger partial charge on any atom is 0.0689 e. The highest BCUT2D eigenvalue weighted by Crippen LogP contribution is 2.45. The molecule has 0 saturated heterocycles. The van der Waals surface area contributed by atoms with Crippen molar-refractivity contribution in [3.8, 4) is 17.2 Å². The quantitative estimate of drug-likeness (QED) is 0.365. The summed E-state index contributed by atoms with van der Waals surface area (Å²) in [5.41, 5.74) is 5.47. The molecule has 2 aromatic carbocycles. The van der Waals surface area contributed by atoms with E-state index in [0.29, 0.717) is 5.92 Å². The van der Waals surface area contributed by atoms with Gasteiger partial charge in [0.05, 0.1) is 11.5 Å². The summed E-state index contributed by atoms with van der Waals surface area (Å²) >= 11 is 0. The zero-order chi connectivity index (χ0) is 21.2. The van der Waals surface area contributed by atoms with Gasteiger partial charge in [-0.25, -0.2) is 0 Å². The average Bonchev–Trinajstić information content (AvgIpc) is 2.80. The normalized spacial score (nSPS) is 21.3. The van der Waals surface area contributed by atoms with Crippen LogP contribution in [0.2, 0.25) is 0 Å². The second kappa shape index (κ2) is 11.4. The molecule has 0 bridgehead atoms. The van der Waals surface area contributed by atoms with Gasteiger partial charge in [0.2, 0.25) is 0 Å². The molecule has 0 aliphatic heterocycles. The van der Waals surface area contributed by atoms with Gasteiger partial charge in [-0.2, -0.15) is 5.26 Å². The number of aryl methyl sites for hydroxylation is 1. The van der Waals surface area contributed by atoms with Gasteiger partial charge in [0.1, 0.15) is 0 Å². The van der Waals surface area contributed by atoms with Crippen LogP contribution in [0.15, 0.2) is 48.5 Å². The zero-order valence-electron chi connectivity index (χ0n) is 19.1. The van der Waals surface area contributed by atoms with Crippen LogP contribution in [0.4, 0.5) is 0 Å². The predicted molar refractivity (Wildman–Crippen MR) is 129 cm³/mol. The summed E-state index contributed by atoms with van der Waals surface area (Å²) in [6.07, 6.45) is 14.3. The first-order valence-electron chi connectivity index (χ1n) is 12.3. The van der Waals surface area contributed by atoms with E-state index in [2.05, 4.69) is 68.4 Å². The van der Waals surface area contributed by atoms with Crippen LogP contribution in [0.5, 0.6) is 0 Å². The monoisotopic (exact) mass is 401 g/mol. The number of hydrogen-bond donors (Lipinski definition) is 0. The number of benzene rings is 2. The van der Waals surface area contributed by atoms with Gasteiger partial charge in [-0.15, -0.1) is 0 Å². The lowest BCUT2D eigenvalue weighted by molar-refractivity contribution is 0.223. The summed E-state index contributed by atoms with van der Waals surface area (Å²) in [4.78, 5) is 0. The molecule has 0 spiro atoms. The maximum absolute atomic E-state index is 9.79. The Kier molecular flexibility index (Phi) is 8.56. The molecule has 160 valence electrons. The van der Waals surface area contributed by atoms with E-state index in [9.17, 15) is 5.26 Å². The molecule has 0 aromatic heterocycles. The Hall–Kier alpha value is -2.07. The molecule has 0 unspecified atom stereocenters. The van der Waals surface area contributed by atoms with Gasteiger partial charge in [0.25, 0.3) is 0 Å². The number of unbranched alkanes of at least 4 members (excludes halogenated alkanes) is 4. The van der Waals surface area contributed by atoms with E-state index in [0.717, 1.165) is 32.1 Å². The Balaban J connectivity index is 1.57. The first-order chi connectivity index (χ1) is 14.7. The Morgan fingerprint density at radius 2 is 1.37 bits per heavy atom. The molecule has 0 heterocycles. The number of hydrogen-bond acceptors (Lipinski definition) is 1. The van der Waals surface area contributed by atoms with Crippen molar-refractivity contribution >= 4 is 0 Å². The fourth-order valence-corrected chi connectivity index (χ4v) is 5.03. The number of nitrogens with zero attached hydrogens (tertiary/aromatic N) is 1. The van der Waals surface area contributed by atoms with Crippen LogP contribution in [0.25, 0.3) is 11.1 Å². The summed E-state index contributed by atoms with van der Waals surface area (Å²) in [7, 11) is 0. The molecule has 1 aliphatic rings. The summed E-state index contributed by atoms with van der Waals surface area (Å²) in [5, 5.41) is 9.79. The highest BCUT2D eigenvalue weighted by atomic mass is 14.4. The van der Waals surface area contributed by atoms with Crippen LogP contribution in [0.3, 0.4) is 0 Å². The minimum atomic E-state index is -0.0511. The van der Waals surface area contributed by atoms with Gasteiger partial charge < -0.3 is 0 Å². The minimum Gasteiger partial charge on any atom is -0.198 e. The average molecular weight is 402 g/mol. The molecule has 0 atom stereocenters. The van der Waals surface area contributed by atoms with Crippen molar-refractivity contribution in [3.63, 3.8) is 0 Å². The summed E-state index contributed by atoms with van der Waals surface area (Å²) < 4.78 is 0. The zero-order valence-corrected chi connectivity index (χ0v) is 19.1. The SMILES string of the molecule is CCCCCc1ccc(-c2ccc([C@H]3CC[C@@](C#N)(CCCCC)CC3)cc2)cc1. The van der Waals surface area contributed by atoms with Crippen LogP contribution in [0, 0.1) is 16.7 Å². The van der Waals surface area contributed by atoms with E-state index in [1.807, 2.05) is 0 Å². The highest BCUT2D eigenvalue weighted by molar-refractivity contribution is 5.64. The summed E-state index contributed by atoms with van der Waals surface area (Å²) in [5.74, 6) is 0.618. The first-order valence-corrected chi connectivity index (χ1v) is 12.3. The van der Waals surface area contributed by atoms with Gasteiger partial charge >= 0.3 is 0 Å². The van der Waals surface area contributed by atoms with Gasteiger partial charge in [0, 0.05) is 0 Å². The maximum atomic E-state index is 9.79. The van der Waals surface area contributed by atoms with Crippen LogP contribution in [-0.4, -0.2) is 0 Å². The molecule has 0 N–H and O–H groups in total. The smallest absolute Gasteiger partial charge is 0.0689 e. The van der Waals surface area contributed by atoms with Crippen molar-refractivity contribution in [2.75, 3.05) is 0 Å². The molecule has 2 aromatic rings. The van der Waals surface area contributed by atoms with E-state index >= 15 is 0 Å². The molecule has 1 fully saturated rings. The molecule has 0 amide bonds. The minimum absolute atomic E-state index is 0.0511. The molecule has 1 aliphatic carbocycles. The Labute approximate surface area is 184 Å².